The van der Waals surface area contributed by atoms with Crippen LogP contribution in [0.1, 0.15) is 15.9 Å². The van der Waals surface area contributed by atoms with Crippen LogP contribution in [0, 0.1) is 0 Å². The highest BCUT2D eigenvalue weighted by atomic mass is 16.5. The van der Waals surface area contributed by atoms with Crippen molar-refractivity contribution in [1.29, 1.82) is 0 Å². The van der Waals surface area contributed by atoms with Gasteiger partial charge in [-0.2, -0.15) is 5.10 Å². The number of benzene rings is 2. The van der Waals surface area contributed by atoms with E-state index in [9.17, 15) is 4.79 Å². The molecule has 5 heteroatoms. The number of rotatable bonds is 6. The lowest BCUT2D eigenvalue weighted by Gasteiger charge is -2.02. The van der Waals surface area contributed by atoms with Crippen LogP contribution in [0.25, 0.3) is 6.08 Å². The molecule has 5 nitrogen and oxygen atoms in total. The maximum absolute atomic E-state index is 10.9. The van der Waals surface area contributed by atoms with E-state index in [1.807, 2.05) is 30.3 Å². The number of ether oxygens (including phenoxy) is 1. The smallest absolute Gasteiger partial charge is 0.335 e. The van der Waals surface area contributed by atoms with E-state index in [-0.39, 0.29) is 5.56 Å². The summed E-state index contributed by atoms with van der Waals surface area (Å²) < 4.78 is 5.24. The van der Waals surface area contributed by atoms with Gasteiger partial charge in [0.25, 0.3) is 0 Å². The van der Waals surface area contributed by atoms with Crippen molar-refractivity contribution < 1.29 is 14.6 Å². The van der Waals surface area contributed by atoms with Crippen molar-refractivity contribution in [3.63, 3.8) is 0 Å². The molecule has 0 spiro atoms. The molecule has 2 aromatic carbocycles. The summed E-state index contributed by atoms with van der Waals surface area (Å²) in [5.41, 5.74) is 4.55. The van der Waals surface area contributed by atoms with Crippen LogP contribution in [0.15, 0.2) is 59.7 Å². The van der Waals surface area contributed by atoms with Gasteiger partial charge in [-0.1, -0.05) is 24.3 Å². The molecule has 0 aliphatic rings. The van der Waals surface area contributed by atoms with Crippen molar-refractivity contribution in [2.24, 2.45) is 5.10 Å². The summed E-state index contributed by atoms with van der Waals surface area (Å²) in [5.74, 6) is -0.182. The van der Waals surface area contributed by atoms with Crippen molar-refractivity contribution in [3.8, 4) is 5.75 Å². The number of allylic oxidation sites excluding steroid dienone is 1. The van der Waals surface area contributed by atoms with Crippen LogP contribution >= 0.6 is 0 Å². The summed E-state index contributed by atoms with van der Waals surface area (Å²) in [6, 6.07) is 14.1. The molecule has 0 saturated heterocycles. The first-order valence-corrected chi connectivity index (χ1v) is 6.63. The second-order valence-corrected chi connectivity index (χ2v) is 4.38. The van der Waals surface area contributed by atoms with E-state index in [0.717, 1.165) is 11.3 Å². The summed E-state index contributed by atoms with van der Waals surface area (Å²) in [6.45, 7) is 0. The van der Waals surface area contributed by atoms with Crippen molar-refractivity contribution >= 4 is 23.9 Å². The highest BCUT2D eigenvalue weighted by molar-refractivity contribution is 5.88. The normalized spacial score (nSPS) is 11.0. The largest absolute Gasteiger partial charge is 0.496 e. The van der Waals surface area contributed by atoms with E-state index in [4.69, 9.17) is 9.84 Å². The SMILES string of the molecule is COc1ccccc1/C=C/C=N/Nc1cccc(C(=O)O)c1. The first-order valence-electron chi connectivity index (χ1n) is 6.63. The molecule has 22 heavy (non-hydrogen) atoms. The Bertz CT molecular complexity index is 709. The van der Waals surface area contributed by atoms with Crippen LogP contribution in [-0.2, 0) is 0 Å². The maximum Gasteiger partial charge on any atom is 0.335 e. The molecule has 0 heterocycles. The number of carbonyl (C=O) groups is 1. The molecule has 0 saturated carbocycles. The highest BCUT2D eigenvalue weighted by Gasteiger charge is 2.01. The van der Waals surface area contributed by atoms with Gasteiger partial charge in [0.1, 0.15) is 5.75 Å². The van der Waals surface area contributed by atoms with Crippen LogP contribution in [-0.4, -0.2) is 24.4 Å². The van der Waals surface area contributed by atoms with Gasteiger partial charge in [0.2, 0.25) is 0 Å². The molecule has 0 aromatic heterocycles. The Morgan fingerprint density at radius 3 is 2.82 bits per heavy atom. The third-order valence-electron chi connectivity index (χ3n) is 2.88. The zero-order valence-electron chi connectivity index (χ0n) is 12.1. The number of carboxylic acids is 1. The van der Waals surface area contributed by atoms with E-state index >= 15 is 0 Å². The Hall–Kier alpha value is -3.08. The Morgan fingerprint density at radius 1 is 1.23 bits per heavy atom. The molecule has 2 aromatic rings. The zero-order valence-corrected chi connectivity index (χ0v) is 12.1. The molecular formula is C17H16N2O3. The highest BCUT2D eigenvalue weighted by Crippen LogP contribution is 2.18. The molecule has 2 N–H and O–H groups in total. The fourth-order valence-corrected chi connectivity index (χ4v) is 1.83. The van der Waals surface area contributed by atoms with Crippen LogP contribution in [0.5, 0.6) is 5.75 Å². The molecule has 112 valence electrons. The number of nitrogens with one attached hydrogen (secondary N) is 1. The van der Waals surface area contributed by atoms with Gasteiger partial charge in [-0.05, 0) is 36.4 Å². The molecule has 0 radical (unpaired) electrons. The number of hydrogen-bond acceptors (Lipinski definition) is 4. The number of anilines is 1. The molecule has 0 aliphatic carbocycles. The number of methoxy groups -OCH3 is 1. The number of aromatic carboxylic acids is 1. The topological polar surface area (TPSA) is 70.9 Å². The van der Waals surface area contributed by atoms with Gasteiger partial charge in [0.05, 0.1) is 18.4 Å². The van der Waals surface area contributed by atoms with Gasteiger partial charge in [-0.25, -0.2) is 4.79 Å². The lowest BCUT2D eigenvalue weighted by Crippen LogP contribution is -1.97. The Labute approximate surface area is 128 Å². The monoisotopic (exact) mass is 296 g/mol. The van der Waals surface area contributed by atoms with Crippen LogP contribution in [0.2, 0.25) is 0 Å². The minimum atomic E-state index is -0.969. The average molecular weight is 296 g/mol. The first-order chi connectivity index (χ1) is 10.7. The molecule has 0 amide bonds. The third-order valence-corrected chi connectivity index (χ3v) is 2.88. The second kappa shape index (κ2) is 7.64. The van der Waals surface area contributed by atoms with Crippen molar-refractivity contribution in [1.82, 2.24) is 0 Å². The summed E-state index contributed by atoms with van der Waals surface area (Å²) in [6.07, 6.45) is 5.23. The lowest BCUT2D eigenvalue weighted by atomic mass is 10.2. The number of para-hydroxylation sites is 1. The fraction of sp³-hybridized carbons (Fsp3) is 0.0588. The molecule has 2 rings (SSSR count). The van der Waals surface area contributed by atoms with Gasteiger partial charge in [-0.3, -0.25) is 5.43 Å². The summed E-state index contributed by atoms with van der Waals surface area (Å²) in [7, 11) is 1.62. The van der Waals surface area contributed by atoms with Crippen molar-refractivity contribution in [2.75, 3.05) is 12.5 Å². The number of nitrogens with zero attached hydrogens (tertiary/aromatic N) is 1. The quantitative estimate of drug-likeness (QED) is 0.632. The van der Waals surface area contributed by atoms with Crippen LogP contribution in [0.4, 0.5) is 5.69 Å². The lowest BCUT2D eigenvalue weighted by molar-refractivity contribution is 0.0697. The zero-order chi connectivity index (χ0) is 15.8. The van der Waals surface area contributed by atoms with E-state index in [2.05, 4.69) is 10.5 Å². The van der Waals surface area contributed by atoms with Crippen LogP contribution < -0.4 is 10.2 Å². The van der Waals surface area contributed by atoms with Gasteiger partial charge in [0, 0.05) is 11.8 Å². The Kier molecular flexibility index (Phi) is 5.31. The standard InChI is InChI=1S/C17H16N2O3/c1-22-16-10-3-2-6-13(16)8-5-11-18-19-15-9-4-7-14(12-15)17(20)21/h2-12,19H,1H3,(H,20,21)/b8-5+,18-11+. The molecule has 0 fully saturated rings. The van der Waals surface area contributed by atoms with E-state index < -0.39 is 5.97 Å². The molecule has 0 bridgehead atoms. The van der Waals surface area contributed by atoms with Gasteiger partial charge in [0.15, 0.2) is 0 Å². The predicted octanol–water partition coefficient (Wildman–Crippen LogP) is 3.50. The predicted molar refractivity (Wildman–Crippen MR) is 87.5 cm³/mol. The summed E-state index contributed by atoms with van der Waals surface area (Å²) in [5, 5.41) is 12.9. The number of carboxylic acid groups (broad SMARTS) is 1. The van der Waals surface area contributed by atoms with Crippen molar-refractivity contribution in [3.05, 3.63) is 65.7 Å². The van der Waals surface area contributed by atoms with E-state index in [0.29, 0.717) is 5.69 Å². The fourth-order valence-electron chi connectivity index (χ4n) is 1.83. The Balaban J connectivity index is 1.97. The molecule has 0 aliphatic heterocycles. The minimum Gasteiger partial charge on any atom is -0.496 e. The van der Waals surface area contributed by atoms with Crippen molar-refractivity contribution in [2.45, 2.75) is 0 Å². The maximum atomic E-state index is 10.9. The molecule has 0 unspecified atom stereocenters. The molecule has 0 atom stereocenters. The Morgan fingerprint density at radius 2 is 2.05 bits per heavy atom. The number of hydrogen-bond donors (Lipinski definition) is 2. The minimum absolute atomic E-state index is 0.213. The van der Waals surface area contributed by atoms with Crippen LogP contribution in [0.3, 0.4) is 0 Å². The number of hydrazone groups is 1. The molecular weight excluding hydrogens is 280 g/mol. The van der Waals surface area contributed by atoms with E-state index in [1.54, 1.807) is 31.5 Å². The average Bonchev–Trinajstić information content (AvgIpc) is 2.55. The van der Waals surface area contributed by atoms with E-state index in [1.165, 1.54) is 12.1 Å². The van der Waals surface area contributed by atoms with Gasteiger partial charge < -0.3 is 9.84 Å². The first kappa shape index (κ1) is 15.3. The van der Waals surface area contributed by atoms with Gasteiger partial charge in [-0.15, -0.1) is 0 Å². The summed E-state index contributed by atoms with van der Waals surface area (Å²) >= 11 is 0. The van der Waals surface area contributed by atoms with Gasteiger partial charge >= 0.3 is 5.97 Å². The second-order valence-electron chi connectivity index (χ2n) is 4.38. The third kappa shape index (κ3) is 4.21. The summed E-state index contributed by atoms with van der Waals surface area (Å²) in [4.78, 5) is 10.9.